The number of benzene rings is 1. The lowest BCUT2D eigenvalue weighted by atomic mass is 9.40. The average molecular weight is 598 g/mol. The Morgan fingerprint density at radius 3 is 2.30 bits per heavy atom. The Morgan fingerprint density at radius 2 is 1.64 bits per heavy atom. The number of fused-ring (bicyclic) bond motifs is 7. The molecule has 6 rings (SSSR count). The van der Waals surface area contributed by atoms with Crippen molar-refractivity contribution in [2.24, 2.45) is 45.8 Å². The van der Waals surface area contributed by atoms with Gasteiger partial charge in [-0.05, 0) is 104 Å². The first-order chi connectivity index (χ1) is 20.7. The third kappa shape index (κ3) is 5.01. The van der Waals surface area contributed by atoms with E-state index in [2.05, 4.69) is 51.0 Å². The molecule has 5 aliphatic rings. The molecule has 8 atom stereocenters. The lowest BCUT2D eigenvalue weighted by molar-refractivity contribution is -0.139. The molecule has 236 valence electrons. The summed E-state index contributed by atoms with van der Waals surface area (Å²) in [5.41, 5.74) is 1.55. The monoisotopic (exact) mass is 597 g/mol. The number of allylic oxidation sites excluding steroid dienone is 4. The van der Waals surface area contributed by atoms with Gasteiger partial charge in [-0.15, -0.1) is 0 Å². The van der Waals surface area contributed by atoms with Crippen LogP contribution in [0.5, 0.6) is 5.75 Å². The number of hydrogen-bond donors (Lipinski definition) is 3. The maximum Gasteiger partial charge on any atom is 0.176 e. The van der Waals surface area contributed by atoms with Crippen LogP contribution in [0.2, 0.25) is 0 Å². The van der Waals surface area contributed by atoms with Crippen molar-refractivity contribution >= 4 is 17.3 Å². The first-order valence-corrected chi connectivity index (χ1v) is 16.7. The van der Waals surface area contributed by atoms with Gasteiger partial charge in [0.15, 0.2) is 11.6 Å². The highest BCUT2D eigenvalue weighted by molar-refractivity contribution is 6.02. The predicted molar refractivity (Wildman–Crippen MR) is 175 cm³/mol. The minimum atomic E-state index is -0.465. The van der Waals surface area contributed by atoms with E-state index in [9.17, 15) is 20.0 Å². The topological polar surface area (TPSA) is 102 Å². The van der Waals surface area contributed by atoms with Gasteiger partial charge in [0.2, 0.25) is 0 Å². The summed E-state index contributed by atoms with van der Waals surface area (Å²) in [4.78, 5) is 27.4. The van der Waals surface area contributed by atoms with E-state index in [1.165, 1.54) is 0 Å². The van der Waals surface area contributed by atoms with E-state index in [0.29, 0.717) is 0 Å². The molecular formula is C38H51N3O3. The van der Waals surface area contributed by atoms with Crippen molar-refractivity contribution in [3.05, 3.63) is 60.0 Å². The molecule has 5 aliphatic carbocycles. The van der Waals surface area contributed by atoms with Gasteiger partial charge >= 0.3 is 0 Å². The first kappa shape index (κ1) is 32.1. The summed E-state index contributed by atoms with van der Waals surface area (Å²) in [5.74, 6) is 1.31. The molecule has 0 aromatic heterocycles. The number of phenolic OH excluding ortho intramolecular Hbond substituents is 1. The summed E-state index contributed by atoms with van der Waals surface area (Å²) in [6.45, 7) is 19.5. The Hall–Kier alpha value is -3.33. The minimum Gasteiger partial charge on any atom is -0.508 e. The molecular weight excluding hydrogens is 546 g/mol. The van der Waals surface area contributed by atoms with Crippen LogP contribution in [0.4, 0.5) is 5.69 Å². The molecule has 6 heteroatoms. The van der Waals surface area contributed by atoms with Gasteiger partial charge in [-0.1, -0.05) is 66.7 Å². The summed E-state index contributed by atoms with van der Waals surface area (Å²) in [6, 6.07) is 9.15. The van der Waals surface area contributed by atoms with Gasteiger partial charge in [-0.25, -0.2) is 0 Å². The number of carbonyl (C=O) groups excluding carboxylic acids is 2. The van der Waals surface area contributed by atoms with Crippen LogP contribution in [0.25, 0.3) is 0 Å². The van der Waals surface area contributed by atoms with Crippen LogP contribution in [0, 0.1) is 57.2 Å². The second kappa shape index (κ2) is 11.2. The van der Waals surface area contributed by atoms with E-state index in [0.717, 1.165) is 62.0 Å². The molecule has 0 bridgehead atoms. The Morgan fingerprint density at radius 1 is 0.977 bits per heavy atom. The number of anilines is 1. The number of carbonyl (C=O) groups is 2. The molecule has 1 aromatic rings. The predicted octanol–water partition coefficient (Wildman–Crippen LogP) is 8.08. The van der Waals surface area contributed by atoms with Gasteiger partial charge in [-0.3, -0.25) is 9.59 Å². The largest absolute Gasteiger partial charge is 0.508 e. The highest BCUT2D eigenvalue weighted by atomic mass is 16.3. The number of aromatic hydroxyl groups is 1. The Labute approximate surface area is 264 Å². The number of nitrogens with zero attached hydrogens (tertiary/aromatic N) is 1. The molecule has 0 spiro atoms. The number of Topliss-reactive ketones (excluding diaryl/α,β-unsaturated/α-hetero) is 1. The van der Waals surface area contributed by atoms with Gasteiger partial charge in [0.05, 0.1) is 11.4 Å². The maximum atomic E-state index is 14.4. The van der Waals surface area contributed by atoms with E-state index < -0.39 is 5.41 Å². The van der Waals surface area contributed by atoms with E-state index in [4.69, 9.17) is 0 Å². The van der Waals surface area contributed by atoms with E-state index in [-0.39, 0.29) is 68.8 Å². The number of nitriles is 1. The van der Waals surface area contributed by atoms with Crippen molar-refractivity contribution in [1.29, 1.82) is 5.26 Å². The summed E-state index contributed by atoms with van der Waals surface area (Å²) in [6.07, 6.45) is 10.7. The van der Waals surface area contributed by atoms with Crippen LogP contribution in [-0.4, -0.2) is 22.2 Å². The van der Waals surface area contributed by atoms with Crippen LogP contribution in [0.3, 0.4) is 0 Å². The average Bonchev–Trinajstić information content (AvgIpc) is 2.98. The van der Waals surface area contributed by atoms with Crippen molar-refractivity contribution in [3.63, 3.8) is 0 Å². The minimum absolute atomic E-state index is 0.0525. The molecule has 0 saturated heterocycles. The van der Waals surface area contributed by atoms with E-state index in [1.54, 1.807) is 12.1 Å². The SMILES string of the molecule is C=C(Nc1ccc(O)cc1)NC12CCC3C(C(=O)C=C4C5(C)C=C(C#N)C(=O)C(C)C5CCC43C)C1CC(C)(C)CC2.CC. The van der Waals surface area contributed by atoms with Gasteiger partial charge in [0.1, 0.15) is 11.8 Å². The van der Waals surface area contributed by atoms with Crippen molar-refractivity contribution in [2.75, 3.05) is 5.32 Å². The van der Waals surface area contributed by atoms with Crippen LogP contribution in [-0.2, 0) is 9.59 Å². The Bertz CT molecular complexity index is 1450. The first-order valence-electron chi connectivity index (χ1n) is 16.7. The van der Waals surface area contributed by atoms with Gasteiger partial charge < -0.3 is 15.7 Å². The molecule has 0 amide bonds. The van der Waals surface area contributed by atoms with Crippen LogP contribution in [0.15, 0.2) is 60.0 Å². The lowest BCUT2D eigenvalue weighted by Gasteiger charge is -2.64. The Kier molecular flexibility index (Phi) is 8.19. The Balaban J connectivity index is 0.00000188. The standard InChI is InChI=1S/C36H45N3O3.C2H6/c1-21-26-11-13-34(5)27-12-14-36(39-22(2)38-24-7-9-25(40)10-8-24)16-15-33(3,4)19-28(36)31(27)29(41)17-30(34)35(26,6)18-23(20-37)32(21)42;1-2/h7-10,17-18,21,26-28,31,38-40H,2,11-16,19H2,1,3-6H3;1-2H3. The number of hydrogen-bond acceptors (Lipinski definition) is 6. The summed E-state index contributed by atoms with van der Waals surface area (Å²) < 4.78 is 0. The number of ketones is 2. The summed E-state index contributed by atoms with van der Waals surface area (Å²) >= 11 is 0. The zero-order valence-corrected chi connectivity index (χ0v) is 27.7. The van der Waals surface area contributed by atoms with Gasteiger partial charge in [0, 0.05) is 28.5 Å². The molecule has 0 radical (unpaired) electrons. The van der Waals surface area contributed by atoms with E-state index >= 15 is 0 Å². The molecule has 3 fully saturated rings. The molecule has 0 heterocycles. The summed E-state index contributed by atoms with van der Waals surface area (Å²) in [7, 11) is 0. The van der Waals surface area contributed by atoms with E-state index in [1.807, 2.05) is 45.1 Å². The van der Waals surface area contributed by atoms with Crippen LogP contribution in [0.1, 0.15) is 93.4 Å². The van der Waals surface area contributed by atoms with Gasteiger partial charge in [0.25, 0.3) is 0 Å². The molecule has 6 nitrogen and oxygen atoms in total. The quantitative estimate of drug-likeness (QED) is 0.303. The fourth-order valence-electron chi connectivity index (χ4n) is 10.2. The second-order valence-electron chi connectivity index (χ2n) is 15.2. The molecule has 0 aliphatic heterocycles. The van der Waals surface area contributed by atoms with Crippen LogP contribution < -0.4 is 10.6 Å². The summed E-state index contributed by atoms with van der Waals surface area (Å²) in [5, 5.41) is 26.7. The fraction of sp³-hybridized carbons (Fsp3) is 0.605. The van der Waals surface area contributed by atoms with Crippen molar-refractivity contribution < 1.29 is 14.7 Å². The molecule has 44 heavy (non-hydrogen) atoms. The number of rotatable bonds is 4. The number of nitrogens with one attached hydrogen (secondary N) is 2. The van der Waals surface area contributed by atoms with Crippen molar-refractivity contribution in [2.45, 2.75) is 99.0 Å². The van der Waals surface area contributed by atoms with Crippen LogP contribution >= 0.6 is 0 Å². The third-order valence-corrected chi connectivity index (χ3v) is 12.3. The number of phenols is 1. The molecule has 3 saturated carbocycles. The second-order valence-corrected chi connectivity index (χ2v) is 15.2. The van der Waals surface area contributed by atoms with Gasteiger partial charge in [-0.2, -0.15) is 5.26 Å². The van der Waals surface area contributed by atoms with Crippen molar-refractivity contribution in [1.82, 2.24) is 5.32 Å². The van der Waals surface area contributed by atoms with Crippen molar-refractivity contribution in [3.8, 4) is 11.8 Å². The molecule has 1 aromatic carbocycles. The fourth-order valence-corrected chi connectivity index (χ4v) is 10.2. The molecule has 3 N–H and O–H groups in total. The zero-order valence-electron chi connectivity index (χ0n) is 27.7. The smallest absolute Gasteiger partial charge is 0.176 e. The third-order valence-electron chi connectivity index (χ3n) is 12.3. The maximum absolute atomic E-state index is 14.4. The lowest BCUT2D eigenvalue weighted by Crippen LogP contribution is -2.65. The highest BCUT2D eigenvalue weighted by Crippen LogP contribution is 2.68. The molecule has 8 unspecified atom stereocenters. The normalized spacial score (nSPS) is 38.5. The highest BCUT2D eigenvalue weighted by Gasteiger charge is 2.64. The zero-order chi connectivity index (χ0) is 32.2.